The van der Waals surface area contributed by atoms with Crippen molar-refractivity contribution in [2.45, 2.75) is 6.92 Å². The number of thiocarbonyl (C=S) groups is 1. The molecule has 0 radical (unpaired) electrons. The predicted molar refractivity (Wildman–Crippen MR) is 127 cm³/mol. The molecule has 0 saturated carbocycles. The van der Waals surface area contributed by atoms with Crippen molar-refractivity contribution in [2.24, 2.45) is 0 Å². The summed E-state index contributed by atoms with van der Waals surface area (Å²) in [7, 11) is 0. The second-order valence-corrected chi connectivity index (χ2v) is 8.95. The van der Waals surface area contributed by atoms with Gasteiger partial charge in [-0.05, 0) is 42.8 Å². The van der Waals surface area contributed by atoms with Gasteiger partial charge in [0.05, 0.1) is 27.2 Å². The summed E-state index contributed by atoms with van der Waals surface area (Å²) in [4.78, 5) is 26.4. The van der Waals surface area contributed by atoms with Gasteiger partial charge in [0.25, 0.3) is 5.91 Å². The number of halogens is 2. The van der Waals surface area contributed by atoms with Crippen molar-refractivity contribution in [2.75, 3.05) is 24.9 Å². The van der Waals surface area contributed by atoms with Crippen molar-refractivity contribution in [1.82, 2.24) is 0 Å². The highest BCUT2D eigenvalue weighted by molar-refractivity contribution is 8.27. The highest BCUT2D eigenvalue weighted by atomic mass is 35.5. The Hall–Kier alpha value is -2.46. The molecule has 166 valence electrons. The van der Waals surface area contributed by atoms with Gasteiger partial charge in [-0.25, -0.2) is 4.79 Å². The molecule has 2 heterocycles. The fourth-order valence-corrected chi connectivity index (χ4v) is 4.91. The van der Waals surface area contributed by atoms with E-state index >= 15 is 0 Å². The van der Waals surface area contributed by atoms with E-state index in [2.05, 4.69) is 0 Å². The Morgan fingerprint density at radius 3 is 2.66 bits per heavy atom. The molecule has 1 fully saturated rings. The Labute approximate surface area is 203 Å². The van der Waals surface area contributed by atoms with Gasteiger partial charge in [-0.3, -0.25) is 9.69 Å². The molecule has 1 amide bonds. The number of ether oxygens (including phenoxy) is 4. The molecule has 0 aliphatic carbocycles. The molecule has 32 heavy (non-hydrogen) atoms. The Morgan fingerprint density at radius 2 is 1.94 bits per heavy atom. The average molecular weight is 512 g/mol. The van der Waals surface area contributed by atoms with Crippen molar-refractivity contribution in [3.05, 3.63) is 50.8 Å². The molecule has 0 atom stereocenters. The van der Waals surface area contributed by atoms with Crippen LogP contribution in [0.2, 0.25) is 10.0 Å². The average Bonchev–Trinajstić information content (AvgIpc) is 3.31. The van der Waals surface area contributed by atoms with E-state index in [0.29, 0.717) is 32.0 Å². The molecule has 0 N–H and O–H groups in total. The van der Waals surface area contributed by atoms with Crippen LogP contribution in [0.1, 0.15) is 12.5 Å². The number of carbonyl (C=O) groups excluding carboxylic acids is 2. The molecular formula is C21H15Cl2NO6S2. The molecule has 0 bridgehead atoms. The number of hydrogen-bond acceptors (Lipinski definition) is 8. The molecule has 2 aliphatic heterocycles. The fraction of sp³-hybridized carbons (Fsp3) is 0.190. The lowest BCUT2D eigenvalue weighted by atomic mass is 10.2. The van der Waals surface area contributed by atoms with Crippen molar-refractivity contribution in [3.8, 4) is 17.2 Å². The van der Waals surface area contributed by atoms with Crippen LogP contribution >= 0.6 is 47.2 Å². The zero-order chi connectivity index (χ0) is 22.8. The van der Waals surface area contributed by atoms with Crippen LogP contribution in [-0.4, -0.2) is 36.2 Å². The maximum Gasteiger partial charge on any atom is 0.344 e. The number of carbonyl (C=O) groups is 2. The number of amides is 1. The number of fused-ring (bicyclic) bond motifs is 1. The molecule has 11 heteroatoms. The van der Waals surface area contributed by atoms with E-state index in [9.17, 15) is 9.59 Å². The lowest BCUT2D eigenvalue weighted by molar-refractivity contribution is -0.145. The number of anilines is 1. The van der Waals surface area contributed by atoms with Gasteiger partial charge in [-0.1, -0.05) is 47.2 Å². The molecule has 2 aromatic carbocycles. The fourth-order valence-electron chi connectivity index (χ4n) is 3.00. The molecule has 2 aromatic rings. The summed E-state index contributed by atoms with van der Waals surface area (Å²) < 4.78 is 21.3. The zero-order valence-electron chi connectivity index (χ0n) is 16.6. The monoisotopic (exact) mass is 511 g/mol. The van der Waals surface area contributed by atoms with Gasteiger partial charge >= 0.3 is 5.97 Å². The van der Waals surface area contributed by atoms with E-state index in [0.717, 1.165) is 11.8 Å². The van der Waals surface area contributed by atoms with Crippen LogP contribution in [0.5, 0.6) is 17.2 Å². The van der Waals surface area contributed by atoms with Crippen LogP contribution in [0.3, 0.4) is 0 Å². The number of rotatable bonds is 6. The van der Waals surface area contributed by atoms with Crippen LogP contribution in [0.25, 0.3) is 6.08 Å². The summed E-state index contributed by atoms with van der Waals surface area (Å²) in [6.45, 7) is 1.76. The maximum absolute atomic E-state index is 13.0. The first-order chi connectivity index (χ1) is 15.4. The number of hydrogen-bond donors (Lipinski definition) is 0. The van der Waals surface area contributed by atoms with Gasteiger partial charge in [-0.2, -0.15) is 0 Å². The Morgan fingerprint density at radius 1 is 1.22 bits per heavy atom. The summed E-state index contributed by atoms with van der Waals surface area (Å²) in [6, 6.07) is 8.35. The van der Waals surface area contributed by atoms with E-state index in [1.165, 1.54) is 4.90 Å². The molecule has 1 saturated heterocycles. The maximum atomic E-state index is 13.0. The van der Waals surface area contributed by atoms with Crippen LogP contribution in [0.15, 0.2) is 35.2 Å². The predicted octanol–water partition coefficient (Wildman–Crippen LogP) is 5.07. The second kappa shape index (κ2) is 9.58. The summed E-state index contributed by atoms with van der Waals surface area (Å²) in [6.07, 6.45) is 1.64. The quantitative estimate of drug-likeness (QED) is 0.302. The van der Waals surface area contributed by atoms with Gasteiger partial charge in [0, 0.05) is 6.07 Å². The van der Waals surface area contributed by atoms with Gasteiger partial charge in [0.1, 0.15) is 0 Å². The van der Waals surface area contributed by atoms with Gasteiger partial charge < -0.3 is 18.9 Å². The van der Waals surface area contributed by atoms with Crippen molar-refractivity contribution >= 4 is 75.1 Å². The molecule has 4 rings (SSSR count). The van der Waals surface area contributed by atoms with E-state index in [1.54, 1.807) is 43.3 Å². The summed E-state index contributed by atoms with van der Waals surface area (Å²) >= 11 is 19.1. The van der Waals surface area contributed by atoms with Gasteiger partial charge in [0.15, 0.2) is 28.2 Å². The number of benzene rings is 2. The third-order valence-electron chi connectivity index (χ3n) is 4.37. The van der Waals surface area contributed by atoms with Gasteiger partial charge in [-0.15, -0.1) is 0 Å². The van der Waals surface area contributed by atoms with Crippen LogP contribution in [-0.2, 0) is 14.3 Å². The molecular weight excluding hydrogens is 497 g/mol. The molecule has 0 unspecified atom stereocenters. The minimum atomic E-state index is -0.532. The first-order valence-electron chi connectivity index (χ1n) is 9.32. The Balaban J connectivity index is 1.54. The Bertz CT molecular complexity index is 1130. The largest absolute Gasteiger partial charge is 0.479 e. The van der Waals surface area contributed by atoms with Crippen molar-refractivity contribution in [3.63, 3.8) is 0 Å². The molecule has 0 spiro atoms. The molecule has 7 nitrogen and oxygen atoms in total. The smallest absolute Gasteiger partial charge is 0.344 e. The lowest BCUT2D eigenvalue weighted by Crippen LogP contribution is -2.27. The SMILES string of the molecule is CCOC(=O)COc1c(Cl)cc(/C=C2\SC(=S)N(c3ccc4c(c3)OCO4)C2=O)cc1Cl. The van der Waals surface area contributed by atoms with E-state index in [4.69, 9.17) is 54.4 Å². The van der Waals surface area contributed by atoms with Crippen LogP contribution in [0.4, 0.5) is 5.69 Å². The third kappa shape index (κ3) is 4.66. The minimum absolute atomic E-state index is 0.137. The zero-order valence-corrected chi connectivity index (χ0v) is 19.7. The van der Waals surface area contributed by atoms with Crippen molar-refractivity contribution < 1.29 is 28.5 Å². The van der Waals surface area contributed by atoms with Gasteiger partial charge in [0.2, 0.25) is 6.79 Å². The van der Waals surface area contributed by atoms with Crippen LogP contribution in [0, 0.1) is 0 Å². The summed E-state index contributed by atoms with van der Waals surface area (Å²) in [5.74, 6) is 0.512. The third-order valence-corrected chi connectivity index (χ3v) is 6.23. The highest BCUT2D eigenvalue weighted by Gasteiger charge is 2.34. The minimum Gasteiger partial charge on any atom is -0.479 e. The molecule has 0 aromatic heterocycles. The number of nitrogens with zero attached hydrogens (tertiary/aromatic N) is 1. The number of thioether (sulfide) groups is 1. The number of esters is 1. The standard InChI is InChI=1S/C21H15Cl2NO6S2/c1-2-27-18(25)9-28-19-13(22)5-11(6-14(19)23)7-17-20(26)24(21(31)32-17)12-3-4-15-16(8-12)30-10-29-15/h3-8H,2,9-10H2,1H3/b17-7-. The van der Waals surface area contributed by atoms with Crippen LogP contribution < -0.4 is 19.1 Å². The normalized spacial score (nSPS) is 16.1. The summed E-state index contributed by atoms with van der Waals surface area (Å²) in [5.41, 5.74) is 1.16. The topological polar surface area (TPSA) is 74.3 Å². The van der Waals surface area contributed by atoms with Crippen molar-refractivity contribution in [1.29, 1.82) is 0 Å². The Kier molecular flexibility index (Phi) is 6.80. The lowest BCUT2D eigenvalue weighted by Gasteiger charge is -2.14. The van der Waals surface area contributed by atoms with E-state index < -0.39 is 5.97 Å². The second-order valence-electron chi connectivity index (χ2n) is 6.46. The first kappa shape index (κ1) is 22.7. The van der Waals surface area contributed by atoms with E-state index in [1.807, 2.05) is 0 Å². The van der Waals surface area contributed by atoms with E-state index in [-0.39, 0.29) is 41.7 Å². The summed E-state index contributed by atoms with van der Waals surface area (Å²) in [5, 5.41) is 0.388. The molecule has 2 aliphatic rings. The highest BCUT2D eigenvalue weighted by Crippen LogP contribution is 2.41. The first-order valence-corrected chi connectivity index (χ1v) is 11.3.